The quantitative estimate of drug-likeness (QED) is 0.675. The topological polar surface area (TPSA) is 30.5 Å². The first-order chi connectivity index (χ1) is 8.27. The van der Waals surface area contributed by atoms with Crippen molar-refractivity contribution in [3.8, 4) is 0 Å². The third kappa shape index (κ3) is 5.84. The molecule has 1 rings (SSSR count). The molecular weight excluding hydrogens is 214 g/mol. The van der Waals surface area contributed by atoms with Gasteiger partial charge >= 0.3 is 0 Å². The third-order valence-electron chi connectivity index (χ3n) is 3.61. The largest absolute Gasteiger partial charge is 0.377 e. The molecule has 0 aromatic carbocycles. The molecule has 0 amide bonds. The normalized spacial score (nSPS) is 23.8. The van der Waals surface area contributed by atoms with Crippen molar-refractivity contribution in [2.75, 3.05) is 26.4 Å². The van der Waals surface area contributed by atoms with Crippen molar-refractivity contribution in [2.45, 2.75) is 58.6 Å². The second kappa shape index (κ2) is 8.90. The van der Waals surface area contributed by atoms with Crippen molar-refractivity contribution < 1.29 is 9.47 Å². The summed E-state index contributed by atoms with van der Waals surface area (Å²) in [4.78, 5) is 0. The highest BCUT2D eigenvalue weighted by Crippen LogP contribution is 2.13. The second-order valence-electron chi connectivity index (χ2n) is 5.12. The highest BCUT2D eigenvalue weighted by Gasteiger charge is 2.18. The Labute approximate surface area is 106 Å². The van der Waals surface area contributed by atoms with Gasteiger partial charge in [0.05, 0.1) is 19.3 Å². The molecular formula is C14H29NO2. The zero-order valence-electron chi connectivity index (χ0n) is 11.7. The van der Waals surface area contributed by atoms with E-state index in [2.05, 4.69) is 26.1 Å². The average Bonchev–Trinajstić information content (AvgIpc) is 2.85. The summed E-state index contributed by atoms with van der Waals surface area (Å²) in [6.07, 6.45) is 5.08. The zero-order valence-corrected chi connectivity index (χ0v) is 11.7. The minimum Gasteiger partial charge on any atom is -0.377 e. The highest BCUT2D eigenvalue weighted by atomic mass is 16.5. The van der Waals surface area contributed by atoms with Crippen LogP contribution in [-0.4, -0.2) is 38.5 Å². The maximum atomic E-state index is 5.81. The first kappa shape index (κ1) is 14.9. The lowest BCUT2D eigenvalue weighted by Gasteiger charge is -2.24. The molecule has 3 nitrogen and oxygen atoms in total. The minimum atomic E-state index is 0.346. The van der Waals surface area contributed by atoms with Gasteiger partial charge in [0.1, 0.15) is 0 Å². The number of ether oxygens (including phenoxy) is 2. The summed E-state index contributed by atoms with van der Waals surface area (Å²) in [5, 5.41) is 3.58. The van der Waals surface area contributed by atoms with Crippen molar-refractivity contribution >= 4 is 0 Å². The Morgan fingerprint density at radius 1 is 1.41 bits per heavy atom. The molecule has 0 aromatic rings. The molecule has 1 heterocycles. The molecule has 1 saturated heterocycles. The van der Waals surface area contributed by atoms with Crippen molar-refractivity contribution in [3.63, 3.8) is 0 Å². The van der Waals surface area contributed by atoms with E-state index in [4.69, 9.17) is 9.47 Å². The number of hydrogen-bond acceptors (Lipinski definition) is 3. The van der Waals surface area contributed by atoms with Gasteiger partial charge in [0, 0.05) is 12.6 Å². The van der Waals surface area contributed by atoms with Crippen LogP contribution in [-0.2, 0) is 9.47 Å². The average molecular weight is 243 g/mol. The van der Waals surface area contributed by atoms with Crippen molar-refractivity contribution in [1.29, 1.82) is 0 Å². The molecule has 1 aliphatic rings. The lowest BCUT2D eigenvalue weighted by molar-refractivity contribution is 0.00532. The van der Waals surface area contributed by atoms with E-state index in [0.717, 1.165) is 32.8 Å². The molecule has 1 aliphatic heterocycles. The summed E-state index contributed by atoms with van der Waals surface area (Å²) in [6.45, 7) is 10.3. The van der Waals surface area contributed by atoms with Gasteiger partial charge in [-0.05, 0) is 31.7 Å². The van der Waals surface area contributed by atoms with Crippen molar-refractivity contribution in [2.24, 2.45) is 5.92 Å². The molecule has 0 spiro atoms. The fraction of sp³-hybridized carbons (Fsp3) is 1.00. The lowest BCUT2D eigenvalue weighted by Crippen LogP contribution is -2.39. The van der Waals surface area contributed by atoms with Gasteiger partial charge < -0.3 is 14.8 Å². The van der Waals surface area contributed by atoms with E-state index >= 15 is 0 Å². The minimum absolute atomic E-state index is 0.346. The van der Waals surface area contributed by atoms with Gasteiger partial charge in [-0.3, -0.25) is 0 Å². The summed E-state index contributed by atoms with van der Waals surface area (Å²) in [5.74, 6) is 0.672. The number of rotatable bonds is 9. The Morgan fingerprint density at radius 3 is 2.82 bits per heavy atom. The van der Waals surface area contributed by atoms with E-state index < -0.39 is 0 Å². The molecule has 0 aliphatic carbocycles. The predicted octanol–water partition coefficient (Wildman–Crippen LogP) is 2.60. The molecule has 1 fully saturated rings. The highest BCUT2D eigenvalue weighted by molar-refractivity contribution is 4.72. The van der Waals surface area contributed by atoms with Crippen LogP contribution in [0.4, 0.5) is 0 Å². The zero-order chi connectivity index (χ0) is 12.5. The van der Waals surface area contributed by atoms with Gasteiger partial charge in [-0.25, -0.2) is 0 Å². The Hall–Kier alpha value is -0.120. The SMILES string of the molecule is CCCNC(COCC1CCCO1)C(C)CC. The van der Waals surface area contributed by atoms with Crippen LogP contribution in [0.5, 0.6) is 0 Å². The third-order valence-corrected chi connectivity index (χ3v) is 3.61. The van der Waals surface area contributed by atoms with Crippen LogP contribution in [0.15, 0.2) is 0 Å². The molecule has 1 N–H and O–H groups in total. The first-order valence-electron chi connectivity index (χ1n) is 7.20. The molecule has 0 saturated carbocycles. The molecule has 3 atom stereocenters. The monoisotopic (exact) mass is 243 g/mol. The Balaban J connectivity index is 2.17. The van der Waals surface area contributed by atoms with Gasteiger partial charge in [-0.1, -0.05) is 27.2 Å². The standard InChI is InChI=1S/C14H29NO2/c1-4-8-15-14(12(3)5-2)11-16-10-13-7-6-9-17-13/h12-15H,4-11H2,1-3H3. The smallest absolute Gasteiger partial charge is 0.0809 e. The lowest BCUT2D eigenvalue weighted by atomic mass is 10.00. The maximum absolute atomic E-state index is 5.81. The van der Waals surface area contributed by atoms with Crippen LogP contribution < -0.4 is 5.32 Å². The van der Waals surface area contributed by atoms with E-state index in [9.17, 15) is 0 Å². The first-order valence-corrected chi connectivity index (χ1v) is 7.20. The molecule has 3 unspecified atom stereocenters. The number of hydrogen-bond donors (Lipinski definition) is 1. The van der Waals surface area contributed by atoms with E-state index in [1.807, 2.05) is 0 Å². The second-order valence-corrected chi connectivity index (χ2v) is 5.12. The summed E-state index contributed by atoms with van der Waals surface area (Å²) >= 11 is 0. The summed E-state index contributed by atoms with van der Waals surface area (Å²) in [7, 11) is 0. The van der Waals surface area contributed by atoms with Crippen LogP contribution in [0.3, 0.4) is 0 Å². The van der Waals surface area contributed by atoms with E-state index in [0.29, 0.717) is 18.1 Å². The van der Waals surface area contributed by atoms with Gasteiger partial charge in [-0.15, -0.1) is 0 Å². The Morgan fingerprint density at radius 2 is 2.24 bits per heavy atom. The summed E-state index contributed by atoms with van der Waals surface area (Å²) in [5.41, 5.74) is 0. The van der Waals surface area contributed by atoms with Crippen LogP contribution in [0.25, 0.3) is 0 Å². The molecule has 0 radical (unpaired) electrons. The Bertz CT molecular complexity index is 181. The van der Waals surface area contributed by atoms with Gasteiger partial charge in [-0.2, -0.15) is 0 Å². The Kier molecular flexibility index (Phi) is 7.82. The fourth-order valence-corrected chi connectivity index (χ4v) is 2.14. The van der Waals surface area contributed by atoms with E-state index in [1.54, 1.807) is 0 Å². The van der Waals surface area contributed by atoms with Crippen LogP contribution >= 0.6 is 0 Å². The van der Waals surface area contributed by atoms with Crippen LogP contribution in [0.2, 0.25) is 0 Å². The van der Waals surface area contributed by atoms with Crippen molar-refractivity contribution in [3.05, 3.63) is 0 Å². The molecule has 102 valence electrons. The molecule has 0 bridgehead atoms. The molecule has 17 heavy (non-hydrogen) atoms. The van der Waals surface area contributed by atoms with Gasteiger partial charge in [0.25, 0.3) is 0 Å². The van der Waals surface area contributed by atoms with Crippen LogP contribution in [0.1, 0.15) is 46.5 Å². The molecule has 0 aromatic heterocycles. The van der Waals surface area contributed by atoms with Crippen molar-refractivity contribution in [1.82, 2.24) is 5.32 Å². The van der Waals surface area contributed by atoms with Gasteiger partial charge in [0.2, 0.25) is 0 Å². The predicted molar refractivity (Wildman–Crippen MR) is 71.3 cm³/mol. The fourth-order valence-electron chi connectivity index (χ4n) is 2.14. The number of nitrogens with one attached hydrogen (secondary N) is 1. The van der Waals surface area contributed by atoms with E-state index in [1.165, 1.54) is 19.3 Å². The molecule has 3 heteroatoms. The van der Waals surface area contributed by atoms with Crippen LogP contribution in [0, 0.1) is 5.92 Å². The van der Waals surface area contributed by atoms with E-state index in [-0.39, 0.29) is 0 Å². The maximum Gasteiger partial charge on any atom is 0.0809 e. The summed E-state index contributed by atoms with van der Waals surface area (Å²) < 4.78 is 11.4. The van der Waals surface area contributed by atoms with Gasteiger partial charge in [0.15, 0.2) is 0 Å². The summed E-state index contributed by atoms with van der Waals surface area (Å²) in [6, 6.07) is 0.487.